The van der Waals surface area contributed by atoms with Gasteiger partial charge < -0.3 is 4.74 Å². The number of nitrogens with zero attached hydrogens (tertiary/aromatic N) is 1. The number of hydrogen-bond donors (Lipinski definition) is 0. The average Bonchev–Trinajstić information content (AvgIpc) is 2.92. The normalized spacial score (nSPS) is 48.7. The molecule has 0 radical (unpaired) electrons. The Morgan fingerprint density at radius 1 is 0.690 bits per heavy atom. The van der Waals surface area contributed by atoms with E-state index in [1.165, 1.54) is 96.3 Å². The number of allylic oxidation sites excluding steroid dienone is 1. The molecule has 0 N–H and O–H groups in total. The molecule has 0 aromatic heterocycles. The van der Waals surface area contributed by atoms with Crippen molar-refractivity contribution in [2.45, 2.75) is 121 Å². The summed E-state index contributed by atoms with van der Waals surface area (Å²) in [7, 11) is 2.02. The number of methoxy groups -OCH3 is 1. The molecule has 29 heavy (non-hydrogen) atoms. The van der Waals surface area contributed by atoms with Crippen LogP contribution in [0.1, 0.15) is 96.3 Å². The van der Waals surface area contributed by atoms with Crippen molar-refractivity contribution < 1.29 is 4.74 Å². The minimum Gasteiger partial charge on any atom is -0.381 e. The van der Waals surface area contributed by atoms with Gasteiger partial charge in [0.05, 0.1) is 6.10 Å². The molecule has 2 nitrogen and oxygen atoms in total. The monoisotopic (exact) mass is 399 g/mol. The summed E-state index contributed by atoms with van der Waals surface area (Å²) in [6, 6.07) is 2.58. The second-order valence-electron chi connectivity index (χ2n) is 11.2. The highest BCUT2D eigenvalue weighted by Crippen LogP contribution is 2.55. The Morgan fingerprint density at radius 3 is 2.00 bits per heavy atom. The number of hydrogen-bond acceptors (Lipinski definition) is 2. The molecule has 7 unspecified atom stereocenters. The molecule has 7 atom stereocenters. The molecule has 1 saturated heterocycles. The molecule has 5 fully saturated rings. The topological polar surface area (TPSA) is 12.5 Å². The highest BCUT2D eigenvalue weighted by molar-refractivity contribution is 5.06. The van der Waals surface area contributed by atoms with Crippen LogP contribution in [0.15, 0.2) is 12.7 Å². The van der Waals surface area contributed by atoms with Gasteiger partial charge in [0.25, 0.3) is 0 Å². The molecule has 0 bridgehead atoms. The maximum absolute atomic E-state index is 6.22. The predicted molar refractivity (Wildman–Crippen MR) is 121 cm³/mol. The van der Waals surface area contributed by atoms with Crippen molar-refractivity contribution in [3.8, 4) is 0 Å². The van der Waals surface area contributed by atoms with E-state index in [0.29, 0.717) is 6.10 Å². The summed E-state index contributed by atoms with van der Waals surface area (Å²) < 4.78 is 6.22. The van der Waals surface area contributed by atoms with Crippen molar-refractivity contribution in [1.82, 2.24) is 4.90 Å². The SMILES string of the molecule is C=CC1CCC(N2C3CCCCC3C3CCCC(OC)C3C3CCCCC32)CC1. The number of rotatable bonds is 3. The molecule has 0 aromatic carbocycles. The first kappa shape index (κ1) is 20.6. The Morgan fingerprint density at radius 2 is 1.31 bits per heavy atom. The molecule has 2 heteroatoms. The van der Waals surface area contributed by atoms with Crippen LogP contribution in [0.4, 0.5) is 0 Å². The van der Waals surface area contributed by atoms with E-state index in [0.717, 1.165) is 47.7 Å². The first-order chi connectivity index (χ1) is 14.3. The molecular formula is C27H45NO. The smallest absolute Gasteiger partial charge is 0.0605 e. The zero-order valence-corrected chi connectivity index (χ0v) is 18.9. The third kappa shape index (κ3) is 3.75. The summed E-state index contributed by atoms with van der Waals surface area (Å²) in [6.45, 7) is 4.11. The molecule has 0 spiro atoms. The summed E-state index contributed by atoms with van der Waals surface area (Å²) in [6.07, 6.45) is 24.4. The van der Waals surface area contributed by atoms with E-state index in [1.54, 1.807) is 0 Å². The van der Waals surface area contributed by atoms with Gasteiger partial charge in [-0.25, -0.2) is 0 Å². The Labute approximate surface area is 179 Å². The van der Waals surface area contributed by atoms with Crippen LogP contribution in [-0.4, -0.2) is 36.2 Å². The van der Waals surface area contributed by atoms with Crippen molar-refractivity contribution in [2.24, 2.45) is 29.6 Å². The third-order valence-electron chi connectivity index (χ3n) is 10.1. The summed E-state index contributed by atoms with van der Waals surface area (Å²) in [5.74, 6) is 4.43. The second-order valence-corrected chi connectivity index (χ2v) is 11.2. The van der Waals surface area contributed by atoms with Gasteiger partial charge in [-0.05, 0) is 93.8 Å². The predicted octanol–water partition coefficient (Wildman–Crippen LogP) is 6.60. The van der Waals surface area contributed by atoms with Gasteiger partial charge in [-0.2, -0.15) is 0 Å². The average molecular weight is 400 g/mol. The summed E-state index contributed by atoms with van der Waals surface area (Å²) in [5.41, 5.74) is 0. The highest BCUT2D eigenvalue weighted by Gasteiger charge is 2.54. The molecule has 1 aliphatic heterocycles. The molecular weight excluding hydrogens is 354 g/mol. The van der Waals surface area contributed by atoms with Gasteiger partial charge in [0.15, 0.2) is 0 Å². The lowest BCUT2D eigenvalue weighted by Crippen LogP contribution is -2.55. The maximum atomic E-state index is 6.22. The minimum atomic E-state index is 0.540. The summed E-state index contributed by atoms with van der Waals surface area (Å²) >= 11 is 0. The van der Waals surface area contributed by atoms with Crippen molar-refractivity contribution in [2.75, 3.05) is 7.11 Å². The van der Waals surface area contributed by atoms with Crippen LogP contribution < -0.4 is 0 Å². The minimum absolute atomic E-state index is 0.540. The van der Waals surface area contributed by atoms with E-state index in [9.17, 15) is 0 Å². The fourth-order valence-corrected chi connectivity index (χ4v) is 8.97. The molecule has 0 aromatic rings. The lowest BCUT2D eigenvalue weighted by atomic mass is 9.61. The van der Waals surface area contributed by atoms with Gasteiger partial charge >= 0.3 is 0 Å². The van der Waals surface area contributed by atoms with Crippen LogP contribution in [0.5, 0.6) is 0 Å². The van der Waals surface area contributed by atoms with Crippen LogP contribution in [0.3, 0.4) is 0 Å². The molecule has 5 rings (SSSR count). The molecule has 4 aliphatic carbocycles. The second kappa shape index (κ2) is 9.03. The Balaban J connectivity index is 1.50. The van der Waals surface area contributed by atoms with Crippen molar-refractivity contribution >= 4 is 0 Å². The fraction of sp³-hybridized carbons (Fsp3) is 0.926. The molecule has 5 aliphatic rings. The Bertz CT molecular complexity index is 553. The van der Waals surface area contributed by atoms with Gasteiger partial charge in [-0.1, -0.05) is 38.2 Å². The van der Waals surface area contributed by atoms with Crippen LogP contribution in [0, 0.1) is 29.6 Å². The lowest BCUT2D eigenvalue weighted by molar-refractivity contribution is -0.0573. The molecule has 1 heterocycles. The Kier molecular flexibility index (Phi) is 6.40. The van der Waals surface area contributed by atoms with Crippen molar-refractivity contribution in [3.05, 3.63) is 12.7 Å². The maximum Gasteiger partial charge on any atom is 0.0605 e. The largest absolute Gasteiger partial charge is 0.381 e. The molecule has 0 amide bonds. The van der Waals surface area contributed by atoms with Gasteiger partial charge in [0, 0.05) is 25.2 Å². The number of ether oxygens (including phenoxy) is 1. The highest BCUT2D eigenvalue weighted by atomic mass is 16.5. The first-order valence-electron chi connectivity index (χ1n) is 13.2. The van der Waals surface area contributed by atoms with Crippen LogP contribution in [-0.2, 0) is 4.74 Å². The van der Waals surface area contributed by atoms with E-state index in [1.807, 2.05) is 7.11 Å². The van der Waals surface area contributed by atoms with Crippen LogP contribution in [0.2, 0.25) is 0 Å². The fourth-order valence-electron chi connectivity index (χ4n) is 8.97. The third-order valence-corrected chi connectivity index (χ3v) is 10.1. The number of likely N-dealkylation sites (tertiary alicyclic amines) is 1. The zero-order valence-electron chi connectivity index (χ0n) is 18.9. The lowest BCUT2D eigenvalue weighted by Gasteiger charge is -2.51. The van der Waals surface area contributed by atoms with Gasteiger partial charge in [0.1, 0.15) is 0 Å². The van der Waals surface area contributed by atoms with E-state index >= 15 is 0 Å². The van der Waals surface area contributed by atoms with E-state index in [-0.39, 0.29) is 0 Å². The Hall–Kier alpha value is -0.340. The standard InChI is InChI=1S/C27H45NO/c1-3-19-15-17-20(18-16-19)28-24-12-6-4-9-21(24)22-11-8-14-26(29-2)27(22)23-10-5-7-13-25(23)28/h3,19-27H,1,4-18H2,2H3. The quantitative estimate of drug-likeness (QED) is 0.496. The van der Waals surface area contributed by atoms with Crippen LogP contribution >= 0.6 is 0 Å². The molecule has 164 valence electrons. The van der Waals surface area contributed by atoms with Crippen molar-refractivity contribution in [3.63, 3.8) is 0 Å². The van der Waals surface area contributed by atoms with Crippen molar-refractivity contribution in [1.29, 1.82) is 0 Å². The first-order valence-corrected chi connectivity index (χ1v) is 13.2. The van der Waals surface area contributed by atoms with Crippen LogP contribution in [0.25, 0.3) is 0 Å². The van der Waals surface area contributed by atoms with E-state index < -0.39 is 0 Å². The van der Waals surface area contributed by atoms with E-state index in [2.05, 4.69) is 17.6 Å². The van der Waals surface area contributed by atoms with Gasteiger partial charge in [-0.15, -0.1) is 6.58 Å². The van der Waals surface area contributed by atoms with E-state index in [4.69, 9.17) is 4.74 Å². The number of fused-ring (bicyclic) bond motifs is 5. The van der Waals surface area contributed by atoms with Gasteiger partial charge in [-0.3, -0.25) is 4.90 Å². The zero-order chi connectivity index (χ0) is 19.8. The van der Waals surface area contributed by atoms with Gasteiger partial charge in [0.2, 0.25) is 0 Å². The summed E-state index contributed by atoms with van der Waals surface area (Å²) in [4.78, 5) is 3.22. The molecule has 4 saturated carbocycles. The summed E-state index contributed by atoms with van der Waals surface area (Å²) in [5, 5.41) is 0.